The normalized spacial score (nSPS) is 15.8. The van der Waals surface area contributed by atoms with Crippen LogP contribution in [-0.2, 0) is 4.79 Å². The van der Waals surface area contributed by atoms with Gasteiger partial charge in [-0.1, -0.05) is 34.1 Å². The SMILES string of the molecule is COc1ccc(C=C2SC(=O)N(CNc3cccc(Br)c3)C2=O)cc1. The molecule has 2 amide bonds. The molecule has 0 radical (unpaired) electrons. The lowest BCUT2D eigenvalue weighted by Crippen LogP contribution is -2.33. The van der Waals surface area contributed by atoms with Crippen LogP contribution in [0, 0.1) is 0 Å². The number of anilines is 1. The molecule has 0 aromatic heterocycles. The number of halogens is 1. The van der Waals surface area contributed by atoms with Crippen molar-refractivity contribution in [3.63, 3.8) is 0 Å². The first-order chi connectivity index (χ1) is 12.1. The van der Waals surface area contributed by atoms with Gasteiger partial charge < -0.3 is 10.1 Å². The number of ether oxygens (including phenoxy) is 1. The molecule has 7 heteroatoms. The molecule has 0 bridgehead atoms. The van der Waals surface area contributed by atoms with Crippen LogP contribution < -0.4 is 10.1 Å². The second-order valence-electron chi connectivity index (χ2n) is 5.23. The lowest BCUT2D eigenvalue weighted by Gasteiger charge is -2.14. The summed E-state index contributed by atoms with van der Waals surface area (Å²) in [4.78, 5) is 26.2. The molecule has 128 valence electrons. The molecule has 25 heavy (non-hydrogen) atoms. The second kappa shape index (κ2) is 7.76. The number of nitrogens with one attached hydrogen (secondary N) is 1. The van der Waals surface area contributed by atoms with Crippen molar-refractivity contribution >= 4 is 50.6 Å². The zero-order valence-corrected chi connectivity index (χ0v) is 15.8. The Morgan fingerprint density at radius 3 is 2.64 bits per heavy atom. The van der Waals surface area contributed by atoms with E-state index in [0.717, 1.165) is 33.2 Å². The lowest BCUT2D eigenvalue weighted by atomic mass is 10.2. The number of carbonyl (C=O) groups is 2. The van der Waals surface area contributed by atoms with Crippen molar-refractivity contribution in [3.05, 3.63) is 63.5 Å². The smallest absolute Gasteiger partial charge is 0.295 e. The van der Waals surface area contributed by atoms with E-state index in [4.69, 9.17) is 4.74 Å². The summed E-state index contributed by atoms with van der Waals surface area (Å²) in [7, 11) is 1.60. The van der Waals surface area contributed by atoms with E-state index >= 15 is 0 Å². The Bertz CT molecular complexity index is 836. The number of hydrogen-bond donors (Lipinski definition) is 1. The minimum Gasteiger partial charge on any atom is -0.497 e. The molecule has 1 saturated heterocycles. The van der Waals surface area contributed by atoms with E-state index < -0.39 is 0 Å². The van der Waals surface area contributed by atoms with Gasteiger partial charge in [-0.15, -0.1) is 0 Å². The number of thioether (sulfide) groups is 1. The summed E-state index contributed by atoms with van der Waals surface area (Å²) in [5, 5.41) is 2.80. The molecule has 0 saturated carbocycles. The van der Waals surface area contributed by atoms with Gasteiger partial charge in [-0.3, -0.25) is 14.5 Å². The fraction of sp³-hybridized carbons (Fsp3) is 0.111. The van der Waals surface area contributed by atoms with Crippen LogP contribution in [0.1, 0.15) is 5.56 Å². The Morgan fingerprint density at radius 1 is 1.20 bits per heavy atom. The quantitative estimate of drug-likeness (QED) is 0.720. The largest absolute Gasteiger partial charge is 0.497 e. The zero-order chi connectivity index (χ0) is 17.8. The highest BCUT2D eigenvalue weighted by Gasteiger charge is 2.34. The number of nitrogens with zero attached hydrogens (tertiary/aromatic N) is 1. The van der Waals surface area contributed by atoms with Gasteiger partial charge in [0.2, 0.25) is 0 Å². The molecular formula is C18H15BrN2O3S. The van der Waals surface area contributed by atoms with Crippen LogP contribution in [0.5, 0.6) is 5.75 Å². The van der Waals surface area contributed by atoms with Crippen molar-refractivity contribution in [1.29, 1.82) is 0 Å². The minimum atomic E-state index is -0.298. The third-order valence-corrected chi connectivity index (χ3v) is 4.95. The fourth-order valence-electron chi connectivity index (χ4n) is 2.26. The summed E-state index contributed by atoms with van der Waals surface area (Å²) in [6.07, 6.45) is 1.71. The summed E-state index contributed by atoms with van der Waals surface area (Å²) >= 11 is 4.33. The molecule has 1 heterocycles. The molecule has 1 aliphatic heterocycles. The molecule has 1 aliphatic rings. The highest BCUT2D eigenvalue weighted by molar-refractivity contribution is 9.10. The van der Waals surface area contributed by atoms with Crippen molar-refractivity contribution in [1.82, 2.24) is 4.90 Å². The van der Waals surface area contributed by atoms with Gasteiger partial charge in [-0.05, 0) is 53.7 Å². The molecule has 0 spiro atoms. The fourth-order valence-corrected chi connectivity index (χ4v) is 3.49. The minimum absolute atomic E-state index is 0.126. The number of carbonyl (C=O) groups excluding carboxylic acids is 2. The van der Waals surface area contributed by atoms with Gasteiger partial charge in [0.1, 0.15) is 5.75 Å². The van der Waals surface area contributed by atoms with Crippen LogP contribution in [0.4, 0.5) is 10.5 Å². The maximum absolute atomic E-state index is 12.5. The van der Waals surface area contributed by atoms with E-state index in [9.17, 15) is 9.59 Å². The average Bonchev–Trinajstić information content (AvgIpc) is 2.87. The van der Waals surface area contributed by atoms with E-state index in [1.54, 1.807) is 13.2 Å². The van der Waals surface area contributed by atoms with Crippen LogP contribution in [0.25, 0.3) is 6.08 Å². The second-order valence-corrected chi connectivity index (χ2v) is 7.14. The Kier molecular flexibility index (Phi) is 5.45. The standard InChI is InChI=1S/C18H15BrN2O3S/c1-24-15-7-5-12(6-8-15)9-16-17(22)21(18(23)25-16)11-20-14-4-2-3-13(19)10-14/h2-10,20H,11H2,1H3. The molecule has 0 atom stereocenters. The third kappa shape index (κ3) is 4.24. The van der Waals surface area contributed by atoms with E-state index in [0.29, 0.717) is 4.91 Å². The molecule has 2 aromatic rings. The van der Waals surface area contributed by atoms with Crippen molar-refractivity contribution in [2.75, 3.05) is 19.1 Å². The molecule has 0 aliphatic carbocycles. The average molecular weight is 419 g/mol. The monoisotopic (exact) mass is 418 g/mol. The number of benzene rings is 2. The number of methoxy groups -OCH3 is 1. The van der Waals surface area contributed by atoms with Gasteiger partial charge in [-0.25, -0.2) is 0 Å². The first-order valence-electron chi connectivity index (χ1n) is 7.45. The van der Waals surface area contributed by atoms with Crippen LogP contribution in [-0.4, -0.2) is 29.8 Å². The third-order valence-electron chi connectivity index (χ3n) is 3.55. The molecule has 5 nitrogen and oxygen atoms in total. The van der Waals surface area contributed by atoms with Crippen molar-refractivity contribution in [2.24, 2.45) is 0 Å². The van der Waals surface area contributed by atoms with Crippen LogP contribution in [0.15, 0.2) is 57.9 Å². The highest BCUT2D eigenvalue weighted by Crippen LogP contribution is 2.32. The van der Waals surface area contributed by atoms with E-state index in [2.05, 4.69) is 21.2 Å². The molecule has 2 aromatic carbocycles. The predicted octanol–water partition coefficient (Wildman–Crippen LogP) is 4.56. The summed E-state index contributed by atoms with van der Waals surface area (Å²) in [5.41, 5.74) is 1.67. The van der Waals surface area contributed by atoms with Gasteiger partial charge >= 0.3 is 0 Å². The summed E-state index contributed by atoms with van der Waals surface area (Å²) in [5.74, 6) is 0.441. The summed E-state index contributed by atoms with van der Waals surface area (Å²) in [6.45, 7) is 0.126. The van der Waals surface area contributed by atoms with Crippen molar-refractivity contribution in [3.8, 4) is 5.75 Å². The van der Waals surface area contributed by atoms with E-state index in [-0.39, 0.29) is 17.8 Å². The lowest BCUT2D eigenvalue weighted by molar-refractivity contribution is -0.122. The van der Waals surface area contributed by atoms with Gasteiger partial charge in [-0.2, -0.15) is 0 Å². The van der Waals surface area contributed by atoms with Crippen molar-refractivity contribution < 1.29 is 14.3 Å². The van der Waals surface area contributed by atoms with Gasteiger partial charge in [0.05, 0.1) is 18.7 Å². The number of rotatable bonds is 5. The predicted molar refractivity (Wildman–Crippen MR) is 103 cm³/mol. The van der Waals surface area contributed by atoms with Gasteiger partial charge in [0.15, 0.2) is 0 Å². The summed E-state index contributed by atoms with van der Waals surface area (Å²) < 4.78 is 6.03. The van der Waals surface area contributed by atoms with Crippen LogP contribution in [0.3, 0.4) is 0 Å². The molecule has 1 fully saturated rings. The first kappa shape index (κ1) is 17.6. The number of hydrogen-bond acceptors (Lipinski definition) is 5. The molecule has 3 rings (SSSR count). The zero-order valence-electron chi connectivity index (χ0n) is 13.4. The topological polar surface area (TPSA) is 58.6 Å². The van der Waals surface area contributed by atoms with Crippen LogP contribution >= 0.6 is 27.7 Å². The van der Waals surface area contributed by atoms with E-state index in [1.165, 1.54) is 4.90 Å². The Hall–Kier alpha value is -2.25. The molecule has 1 N–H and O–H groups in total. The van der Waals surface area contributed by atoms with Crippen LogP contribution in [0.2, 0.25) is 0 Å². The maximum Gasteiger partial charge on any atom is 0.295 e. The summed E-state index contributed by atoms with van der Waals surface area (Å²) in [6, 6.07) is 14.8. The van der Waals surface area contributed by atoms with Gasteiger partial charge in [0, 0.05) is 10.2 Å². The molecule has 0 unspecified atom stereocenters. The Labute approximate surface area is 158 Å². The maximum atomic E-state index is 12.5. The first-order valence-corrected chi connectivity index (χ1v) is 9.06. The molecular weight excluding hydrogens is 404 g/mol. The number of amides is 2. The Morgan fingerprint density at radius 2 is 1.96 bits per heavy atom. The van der Waals surface area contributed by atoms with E-state index in [1.807, 2.05) is 48.5 Å². The Balaban J connectivity index is 1.69. The van der Waals surface area contributed by atoms with Crippen molar-refractivity contribution in [2.45, 2.75) is 0 Å². The number of imide groups is 1. The van der Waals surface area contributed by atoms with Gasteiger partial charge in [0.25, 0.3) is 11.1 Å². The highest BCUT2D eigenvalue weighted by atomic mass is 79.9.